The van der Waals surface area contributed by atoms with Gasteiger partial charge in [-0.1, -0.05) is 161 Å². The van der Waals surface area contributed by atoms with Crippen LogP contribution in [0.5, 0.6) is 0 Å². The molecule has 0 heterocycles. The predicted octanol–water partition coefficient (Wildman–Crippen LogP) is 12.6. The Morgan fingerprint density at radius 3 is 1.35 bits per heavy atom. The number of ether oxygens (including phenoxy) is 1. The molecule has 1 unspecified atom stereocenters. The summed E-state index contributed by atoms with van der Waals surface area (Å²) in [6.07, 6.45) is 43.7. The van der Waals surface area contributed by atoms with Crippen LogP contribution in [0.25, 0.3) is 0 Å². The number of rotatable bonds is 38. The molecule has 0 aromatic carbocycles. The van der Waals surface area contributed by atoms with Gasteiger partial charge in [-0.05, 0) is 64.2 Å². The molecule has 2 N–H and O–H groups in total. The number of carboxylic acid groups (broad SMARTS) is 1. The molecule has 48 heavy (non-hydrogen) atoms. The Bertz CT molecular complexity index is 752. The lowest BCUT2D eigenvalue weighted by Crippen LogP contribution is -2.28. The summed E-state index contributed by atoms with van der Waals surface area (Å²) in [5.74, 6) is -1.26. The number of hydrogen-bond acceptors (Lipinski definition) is 4. The molecule has 0 rings (SSSR count). The van der Waals surface area contributed by atoms with E-state index >= 15 is 0 Å². The van der Waals surface area contributed by atoms with Crippen LogP contribution in [0.15, 0.2) is 12.2 Å². The van der Waals surface area contributed by atoms with Gasteiger partial charge in [0.2, 0.25) is 5.91 Å². The summed E-state index contributed by atoms with van der Waals surface area (Å²) < 4.78 is 5.92. The normalized spacial score (nSPS) is 12.0. The molecule has 1 atom stereocenters. The van der Waals surface area contributed by atoms with Crippen molar-refractivity contribution >= 4 is 17.8 Å². The van der Waals surface area contributed by atoms with Crippen LogP contribution in [0.1, 0.15) is 226 Å². The molecule has 0 aliphatic heterocycles. The number of allylic oxidation sites excluding steroid dienone is 2. The van der Waals surface area contributed by atoms with Crippen LogP contribution in [-0.2, 0) is 19.1 Å². The summed E-state index contributed by atoms with van der Waals surface area (Å²) in [5.41, 5.74) is 0. The summed E-state index contributed by atoms with van der Waals surface area (Å²) in [6.45, 7) is 4.17. The summed E-state index contributed by atoms with van der Waals surface area (Å²) in [7, 11) is 0. The van der Waals surface area contributed by atoms with Gasteiger partial charge in [0.25, 0.3) is 0 Å². The maximum absolute atomic E-state index is 12.6. The minimum atomic E-state index is -1.02. The Labute approximate surface area is 297 Å². The minimum absolute atomic E-state index is 0.00854. The highest BCUT2D eigenvalue weighted by Gasteiger charge is 2.14. The maximum atomic E-state index is 12.6. The van der Waals surface area contributed by atoms with Gasteiger partial charge in [0.15, 0.2) is 0 Å². The molecule has 0 aliphatic rings. The van der Waals surface area contributed by atoms with Crippen LogP contribution >= 0.6 is 0 Å². The fourth-order valence-electron chi connectivity index (χ4n) is 6.33. The van der Waals surface area contributed by atoms with Gasteiger partial charge in [0.1, 0.15) is 12.6 Å². The molecule has 0 bridgehead atoms. The van der Waals surface area contributed by atoms with Crippen molar-refractivity contribution in [3.63, 3.8) is 0 Å². The number of esters is 1. The van der Waals surface area contributed by atoms with Gasteiger partial charge in [0.05, 0.1) is 0 Å². The molecule has 0 aromatic rings. The van der Waals surface area contributed by atoms with Gasteiger partial charge in [-0.25, -0.2) is 0 Å². The van der Waals surface area contributed by atoms with Gasteiger partial charge in [-0.2, -0.15) is 0 Å². The second-order valence-electron chi connectivity index (χ2n) is 14.2. The van der Waals surface area contributed by atoms with Crippen LogP contribution < -0.4 is 5.32 Å². The van der Waals surface area contributed by atoms with Gasteiger partial charge in [-0.3, -0.25) is 14.4 Å². The van der Waals surface area contributed by atoms with Crippen LogP contribution in [-0.4, -0.2) is 35.6 Å². The standard InChI is InChI=1S/C42H79NO5/c1-3-5-7-9-10-11-12-13-14-15-16-17-18-19-20-21-22-23-24-25-26-27-33-37-42(47)48-39(34-30-8-6-4-2)35-31-28-29-32-36-40(44)43-38-41(45)46/h15-16,39H,3-14,17-38H2,1-2H3,(H,43,44)(H,45,46)/b16-15-. The lowest BCUT2D eigenvalue weighted by atomic mass is 10.0. The smallest absolute Gasteiger partial charge is 0.322 e. The van der Waals surface area contributed by atoms with E-state index in [1.165, 1.54) is 141 Å². The van der Waals surface area contributed by atoms with Crippen molar-refractivity contribution < 1.29 is 24.2 Å². The van der Waals surface area contributed by atoms with E-state index in [4.69, 9.17) is 9.84 Å². The first-order valence-electron chi connectivity index (χ1n) is 20.8. The van der Waals surface area contributed by atoms with E-state index in [0.717, 1.165) is 57.8 Å². The van der Waals surface area contributed by atoms with E-state index in [1.54, 1.807) is 0 Å². The number of carboxylic acids is 1. The molecule has 0 fully saturated rings. The van der Waals surface area contributed by atoms with Crippen LogP contribution in [0, 0.1) is 0 Å². The number of nitrogens with one attached hydrogen (secondary N) is 1. The molecule has 6 heteroatoms. The zero-order chi connectivity index (χ0) is 35.2. The van der Waals surface area contributed by atoms with E-state index in [-0.39, 0.29) is 24.5 Å². The topological polar surface area (TPSA) is 92.7 Å². The second-order valence-corrected chi connectivity index (χ2v) is 14.2. The van der Waals surface area contributed by atoms with Gasteiger partial charge in [-0.15, -0.1) is 0 Å². The van der Waals surface area contributed by atoms with Crippen LogP contribution in [0.3, 0.4) is 0 Å². The lowest BCUT2D eigenvalue weighted by Gasteiger charge is -2.18. The van der Waals surface area contributed by atoms with Crippen molar-refractivity contribution in [2.75, 3.05) is 6.54 Å². The largest absolute Gasteiger partial charge is 0.480 e. The zero-order valence-corrected chi connectivity index (χ0v) is 31.9. The summed E-state index contributed by atoms with van der Waals surface area (Å²) in [5, 5.41) is 11.0. The summed E-state index contributed by atoms with van der Waals surface area (Å²) in [4.78, 5) is 34.7. The van der Waals surface area contributed by atoms with Crippen molar-refractivity contribution in [3.05, 3.63) is 12.2 Å². The maximum Gasteiger partial charge on any atom is 0.322 e. The monoisotopic (exact) mass is 678 g/mol. The van der Waals surface area contributed by atoms with Crippen molar-refractivity contribution in [2.45, 2.75) is 232 Å². The fourth-order valence-corrected chi connectivity index (χ4v) is 6.33. The molecule has 0 aromatic heterocycles. The Morgan fingerprint density at radius 1 is 0.521 bits per heavy atom. The first kappa shape index (κ1) is 46.1. The van der Waals surface area contributed by atoms with E-state index in [1.807, 2.05) is 0 Å². The highest BCUT2D eigenvalue weighted by atomic mass is 16.5. The van der Waals surface area contributed by atoms with Gasteiger partial charge in [0, 0.05) is 12.8 Å². The Hall–Kier alpha value is -1.85. The van der Waals surface area contributed by atoms with E-state index in [0.29, 0.717) is 12.8 Å². The molecule has 0 saturated heterocycles. The zero-order valence-electron chi connectivity index (χ0n) is 31.9. The molecular weight excluding hydrogens is 598 g/mol. The Morgan fingerprint density at radius 2 is 0.896 bits per heavy atom. The highest BCUT2D eigenvalue weighted by Crippen LogP contribution is 2.18. The quantitative estimate of drug-likeness (QED) is 0.0385. The molecular formula is C42H79NO5. The molecule has 0 aliphatic carbocycles. The number of carbonyl (C=O) groups is 3. The van der Waals surface area contributed by atoms with Crippen molar-refractivity contribution in [3.8, 4) is 0 Å². The Kier molecular flexibility index (Phi) is 36.5. The van der Waals surface area contributed by atoms with Crippen LogP contribution in [0.2, 0.25) is 0 Å². The number of unbranched alkanes of at least 4 members (excludes halogenated alkanes) is 25. The van der Waals surface area contributed by atoms with Crippen molar-refractivity contribution in [1.29, 1.82) is 0 Å². The minimum Gasteiger partial charge on any atom is -0.480 e. The average Bonchev–Trinajstić information content (AvgIpc) is 3.07. The second kappa shape index (κ2) is 38.0. The van der Waals surface area contributed by atoms with Crippen molar-refractivity contribution in [2.24, 2.45) is 0 Å². The van der Waals surface area contributed by atoms with E-state index in [9.17, 15) is 14.4 Å². The van der Waals surface area contributed by atoms with E-state index in [2.05, 4.69) is 31.3 Å². The SMILES string of the molecule is CCCCCCCCCC/C=C\CCCCCCCCCCCCCC(=O)OC(CCCCCC)CCCCCCC(=O)NCC(=O)O. The van der Waals surface area contributed by atoms with E-state index < -0.39 is 5.97 Å². The highest BCUT2D eigenvalue weighted by molar-refractivity contribution is 5.80. The van der Waals surface area contributed by atoms with Crippen LogP contribution in [0.4, 0.5) is 0 Å². The van der Waals surface area contributed by atoms with Crippen molar-refractivity contribution in [1.82, 2.24) is 5.32 Å². The molecule has 0 saturated carbocycles. The molecule has 0 spiro atoms. The number of aliphatic carboxylic acids is 1. The number of hydrogen-bond donors (Lipinski definition) is 2. The molecule has 0 radical (unpaired) electrons. The number of amides is 1. The Balaban J connectivity index is 3.71. The first-order chi connectivity index (χ1) is 23.5. The molecule has 6 nitrogen and oxygen atoms in total. The molecule has 1 amide bonds. The number of carbonyl (C=O) groups excluding carboxylic acids is 2. The van der Waals surface area contributed by atoms with Gasteiger partial charge < -0.3 is 15.2 Å². The molecule has 282 valence electrons. The summed E-state index contributed by atoms with van der Waals surface area (Å²) in [6, 6.07) is 0. The lowest BCUT2D eigenvalue weighted by molar-refractivity contribution is -0.150. The third-order valence-corrected chi connectivity index (χ3v) is 9.44. The third-order valence-electron chi connectivity index (χ3n) is 9.44. The first-order valence-corrected chi connectivity index (χ1v) is 20.8. The fraction of sp³-hybridized carbons (Fsp3) is 0.881. The van der Waals surface area contributed by atoms with Gasteiger partial charge >= 0.3 is 11.9 Å². The average molecular weight is 678 g/mol. The predicted molar refractivity (Wildman–Crippen MR) is 203 cm³/mol. The third kappa shape index (κ3) is 37.0. The summed E-state index contributed by atoms with van der Waals surface area (Å²) >= 11 is 0.